The largest absolute Gasteiger partial charge is 0.331 e. The number of nitrogens with one attached hydrogen (secondary N) is 2. The molecule has 1 aliphatic rings. The second kappa shape index (κ2) is 6.00. The van der Waals surface area contributed by atoms with Crippen molar-refractivity contribution in [3.63, 3.8) is 0 Å². The van der Waals surface area contributed by atoms with Crippen molar-refractivity contribution in [1.82, 2.24) is 5.32 Å². The lowest BCUT2D eigenvalue weighted by molar-refractivity contribution is 0.249. The smallest absolute Gasteiger partial charge is 0.319 e. The molecule has 0 aromatic heterocycles. The van der Waals surface area contributed by atoms with E-state index < -0.39 is 0 Å². The number of rotatable bonds is 3. The molecule has 2 aromatic rings. The Balaban J connectivity index is 1.63. The molecule has 0 aliphatic heterocycles. The van der Waals surface area contributed by atoms with Crippen molar-refractivity contribution < 1.29 is 4.79 Å². The summed E-state index contributed by atoms with van der Waals surface area (Å²) in [5, 5.41) is 5.83. The third-order valence-electron chi connectivity index (χ3n) is 4.00. The number of urea groups is 1. The van der Waals surface area contributed by atoms with Gasteiger partial charge in [0.25, 0.3) is 0 Å². The van der Waals surface area contributed by atoms with E-state index in [0.717, 1.165) is 12.1 Å². The lowest BCUT2D eigenvalue weighted by atomic mass is 10.0. The molecule has 2 aromatic carbocycles. The minimum atomic E-state index is -0.172. The fraction of sp³-hybridized carbons (Fsp3) is 0.278. The molecule has 1 aliphatic carbocycles. The van der Waals surface area contributed by atoms with Crippen molar-refractivity contribution in [2.45, 2.75) is 32.2 Å². The van der Waals surface area contributed by atoms with E-state index in [9.17, 15) is 4.79 Å². The van der Waals surface area contributed by atoms with E-state index in [1.165, 1.54) is 29.5 Å². The van der Waals surface area contributed by atoms with Crippen LogP contribution in [0.1, 0.15) is 36.1 Å². The Kier molecular flexibility index (Phi) is 3.91. The predicted molar refractivity (Wildman–Crippen MR) is 85.5 cm³/mol. The number of anilines is 1. The molecule has 2 N–H and O–H groups in total. The van der Waals surface area contributed by atoms with E-state index in [2.05, 4.69) is 28.8 Å². The third-order valence-corrected chi connectivity index (χ3v) is 4.00. The number of amides is 2. The zero-order valence-electron chi connectivity index (χ0n) is 12.2. The SMILES string of the molecule is C[C@@H](NC(=O)Nc1ccccc1)c1ccc2c(c1)CCC2. The Labute approximate surface area is 125 Å². The highest BCUT2D eigenvalue weighted by atomic mass is 16.2. The average molecular weight is 280 g/mol. The zero-order valence-corrected chi connectivity index (χ0v) is 12.2. The highest BCUT2D eigenvalue weighted by molar-refractivity contribution is 5.89. The first-order chi connectivity index (χ1) is 10.2. The van der Waals surface area contributed by atoms with Gasteiger partial charge in [-0.25, -0.2) is 4.79 Å². The maximum Gasteiger partial charge on any atom is 0.319 e. The third kappa shape index (κ3) is 3.24. The van der Waals surface area contributed by atoms with Gasteiger partial charge in [0.05, 0.1) is 6.04 Å². The predicted octanol–water partition coefficient (Wildman–Crippen LogP) is 4.06. The van der Waals surface area contributed by atoms with Gasteiger partial charge in [0.2, 0.25) is 0 Å². The molecule has 108 valence electrons. The molecule has 2 amide bonds. The number of hydrogen-bond acceptors (Lipinski definition) is 1. The summed E-state index contributed by atoms with van der Waals surface area (Å²) in [6.45, 7) is 2.02. The van der Waals surface area contributed by atoms with Gasteiger partial charge >= 0.3 is 6.03 Å². The van der Waals surface area contributed by atoms with Crippen molar-refractivity contribution in [3.05, 3.63) is 65.2 Å². The first-order valence-corrected chi connectivity index (χ1v) is 7.46. The standard InChI is InChI=1S/C18H20N2O/c1-13(15-11-10-14-6-5-7-16(14)12-15)19-18(21)20-17-8-3-2-4-9-17/h2-4,8-13H,5-7H2,1H3,(H2,19,20,21)/t13-/m1/s1. The van der Waals surface area contributed by atoms with Crippen LogP contribution in [-0.2, 0) is 12.8 Å². The molecule has 0 saturated carbocycles. The van der Waals surface area contributed by atoms with Crippen molar-refractivity contribution in [1.29, 1.82) is 0 Å². The second-order valence-electron chi connectivity index (χ2n) is 5.57. The topological polar surface area (TPSA) is 41.1 Å². The van der Waals surface area contributed by atoms with E-state index >= 15 is 0 Å². The summed E-state index contributed by atoms with van der Waals surface area (Å²) in [6.07, 6.45) is 3.59. The molecule has 1 atom stereocenters. The highest BCUT2D eigenvalue weighted by Gasteiger charge is 2.14. The maximum atomic E-state index is 12.0. The Morgan fingerprint density at radius 3 is 2.62 bits per heavy atom. The van der Waals surface area contributed by atoms with Gasteiger partial charge in [-0.1, -0.05) is 36.4 Å². The van der Waals surface area contributed by atoms with Crippen LogP contribution in [0.15, 0.2) is 48.5 Å². The van der Waals surface area contributed by atoms with Gasteiger partial charge in [-0.05, 0) is 55.0 Å². The number of aryl methyl sites for hydroxylation is 2. The molecule has 21 heavy (non-hydrogen) atoms. The summed E-state index contributed by atoms with van der Waals surface area (Å²) in [5.41, 5.74) is 4.86. The fourth-order valence-corrected chi connectivity index (χ4v) is 2.83. The van der Waals surface area contributed by atoms with Crippen LogP contribution in [0.5, 0.6) is 0 Å². The van der Waals surface area contributed by atoms with E-state index in [4.69, 9.17) is 0 Å². The second-order valence-corrected chi connectivity index (χ2v) is 5.57. The van der Waals surface area contributed by atoms with Crippen molar-refractivity contribution in [2.24, 2.45) is 0 Å². The lowest BCUT2D eigenvalue weighted by Crippen LogP contribution is -2.31. The number of hydrogen-bond donors (Lipinski definition) is 2. The van der Waals surface area contributed by atoms with Crippen molar-refractivity contribution in [2.75, 3.05) is 5.32 Å². The van der Waals surface area contributed by atoms with E-state index in [0.29, 0.717) is 0 Å². The maximum absolute atomic E-state index is 12.0. The molecule has 0 spiro atoms. The Morgan fingerprint density at radius 1 is 1.05 bits per heavy atom. The number of carbonyl (C=O) groups excluding carboxylic acids is 1. The molecule has 0 heterocycles. The molecule has 3 rings (SSSR count). The minimum Gasteiger partial charge on any atom is -0.331 e. The van der Waals surface area contributed by atoms with Gasteiger partial charge in [0, 0.05) is 5.69 Å². The molecule has 0 bridgehead atoms. The fourth-order valence-electron chi connectivity index (χ4n) is 2.83. The summed E-state index contributed by atoms with van der Waals surface area (Å²) in [6, 6.07) is 15.9. The van der Waals surface area contributed by atoms with E-state index in [-0.39, 0.29) is 12.1 Å². The number of para-hydroxylation sites is 1. The van der Waals surface area contributed by atoms with Crippen LogP contribution in [0.4, 0.5) is 10.5 Å². The van der Waals surface area contributed by atoms with Crippen LogP contribution in [0.25, 0.3) is 0 Å². The Bertz CT molecular complexity index is 637. The van der Waals surface area contributed by atoms with E-state index in [1.54, 1.807) is 0 Å². The Morgan fingerprint density at radius 2 is 1.81 bits per heavy atom. The normalized spacial score (nSPS) is 14.3. The molecule has 0 fully saturated rings. The molecule has 0 radical (unpaired) electrons. The molecule has 0 unspecified atom stereocenters. The zero-order chi connectivity index (χ0) is 14.7. The van der Waals surface area contributed by atoms with Gasteiger partial charge in [-0.2, -0.15) is 0 Å². The van der Waals surface area contributed by atoms with Gasteiger partial charge < -0.3 is 10.6 Å². The molecule has 3 heteroatoms. The van der Waals surface area contributed by atoms with Gasteiger partial charge in [0.15, 0.2) is 0 Å². The van der Waals surface area contributed by atoms with Crippen LogP contribution in [0, 0.1) is 0 Å². The minimum absolute atomic E-state index is 0.000359. The molecule has 0 saturated heterocycles. The van der Waals surface area contributed by atoms with Gasteiger partial charge in [-0.3, -0.25) is 0 Å². The highest BCUT2D eigenvalue weighted by Crippen LogP contribution is 2.25. The monoisotopic (exact) mass is 280 g/mol. The first-order valence-electron chi connectivity index (χ1n) is 7.46. The number of benzene rings is 2. The molecular formula is C18H20N2O. The quantitative estimate of drug-likeness (QED) is 0.874. The summed E-state index contributed by atoms with van der Waals surface area (Å²) in [4.78, 5) is 12.0. The Hall–Kier alpha value is -2.29. The summed E-state index contributed by atoms with van der Waals surface area (Å²) < 4.78 is 0. The molecular weight excluding hydrogens is 260 g/mol. The summed E-state index contributed by atoms with van der Waals surface area (Å²) in [7, 11) is 0. The van der Waals surface area contributed by atoms with Crippen LogP contribution in [-0.4, -0.2) is 6.03 Å². The number of fused-ring (bicyclic) bond motifs is 1. The van der Waals surface area contributed by atoms with Crippen molar-refractivity contribution >= 4 is 11.7 Å². The van der Waals surface area contributed by atoms with Crippen LogP contribution in [0.3, 0.4) is 0 Å². The summed E-state index contributed by atoms with van der Waals surface area (Å²) in [5.74, 6) is 0. The van der Waals surface area contributed by atoms with Gasteiger partial charge in [-0.15, -0.1) is 0 Å². The van der Waals surface area contributed by atoms with Crippen LogP contribution < -0.4 is 10.6 Å². The van der Waals surface area contributed by atoms with Crippen molar-refractivity contribution in [3.8, 4) is 0 Å². The first kappa shape index (κ1) is 13.7. The van der Waals surface area contributed by atoms with Gasteiger partial charge in [0.1, 0.15) is 0 Å². The number of carbonyl (C=O) groups is 1. The summed E-state index contributed by atoms with van der Waals surface area (Å²) >= 11 is 0. The average Bonchev–Trinajstić information content (AvgIpc) is 2.95. The molecule has 3 nitrogen and oxygen atoms in total. The van der Waals surface area contributed by atoms with Crippen LogP contribution in [0.2, 0.25) is 0 Å². The lowest BCUT2D eigenvalue weighted by Gasteiger charge is -2.16. The van der Waals surface area contributed by atoms with E-state index in [1.807, 2.05) is 37.3 Å². The van der Waals surface area contributed by atoms with Crippen LogP contribution >= 0.6 is 0 Å².